The molecular weight excluding hydrogens is 328 g/mol. The molecule has 0 saturated heterocycles. The van der Waals surface area contributed by atoms with Crippen LogP contribution >= 0.6 is 15.9 Å². The third-order valence-electron chi connectivity index (χ3n) is 2.98. The van der Waals surface area contributed by atoms with E-state index < -0.39 is 5.82 Å². The Morgan fingerprint density at radius 1 is 1.10 bits per heavy atom. The van der Waals surface area contributed by atoms with Crippen LogP contribution in [0.1, 0.15) is 18.5 Å². The summed E-state index contributed by atoms with van der Waals surface area (Å²) in [7, 11) is 1.42. The first-order valence-electron chi connectivity index (χ1n) is 6.06. The van der Waals surface area contributed by atoms with Crippen LogP contribution < -0.4 is 10.1 Å². The zero-order valence-electron chi connectivity index (χ0n) is 11.1. The maximum atomic E-state index is 13.6. The molecule has 106 valence electrons. The molecule has 0 aromatic heterocycles. The third-order valence-corrected chi connectivity index (χ3v) is 3.59. The molecular formula is C15H14BrF2NO. The Kier molecular flexibility index (Phi) is 4.60. The van der Waals surface area contributed by atoms with E-state index >= 15 is 0 Å². The van der Waals surface area contributed by atoms with E-state index in [0.717, 1.165) is 5.56 Å². The Balaban J connectivity index is 2.16. The minimum absolute atomic E-state index is 0.0836. The van der Waals surface area contributed by atoms with Crippen molar-refractivity contribution < 1.29 is 13.5 Å². The Hall–Kier alpha value is -1.62. The van der Waals surface area contributed by atoms with Crippen molar-refractivity contribution in [1.29, 1.82) is 0 Å². The van der Waals surface area contributed by atoms with E-state index in [9.17, 15) is 8.78 Å². The van der Waals surface area contributed by atoms with Gasteiger partial charge in [0.2, 0.25) is 0 Å². The lowest BCUT2D eigenvalue weighted by Gasteiger charge is -2.16. The van der Waals surface area contributed by atoms with E-state index in [2.05, 4.69) is 21.2 Å². The van der Waals surface area contributed by atoms with Crippen molar-refractivity contribution in [1.82, 2.24) is 0 Å². The Bertz CT molecular complexity index is 619. The van der Waals surface area contributed by atoms with E-state index in [1.165, 1.54) is 19.2 Å². The highest BCUT2D eigenvalue weighted by molar-refractivity contribution is 9.10. The van der Waals surface area contributed by atoms with Crippen LogP contribution in [0, 0.1) is 11.6 Å². The summed E-state index contributed by atoms with van der Waals surface area (Å²) in [5.41, 5.74) is 1.53. The van der Waals surface area contributed by atoms with E-state index in [4.69, 9.17) is 4.74 Å². The number of ether oxygens (including phenoxy) is 1. The van der Waals surface area contributed by atoms with Crippen molar-refractivity contribution >= 4 is 21.6 Å². The monoisotopic (exact) mass is 341 g/mol. The molecule has 0 aliphatic heterocycles. The molecule has 20 heavy (non-hydrogen) atoms. The quantitative estimate of drug-likeness (QED) is 0.853. The van der Waals surface area contributed by atoms with Gasteiger partial charge in [-0.2, -0.15) is 0 Å². The van der Waals surface area contributed by atoms with Gasteiger partial charge in [-0.25, -0.2) is 8.78 Å². The van der Waals surface area contributed by atoms with Crippen molar-refractivity contribution in [2.75, 3.05) is 12.4 Å². The van der Waals surface area contributed by atoms with E-state index in [0.29, 0.717) is 10.2 Å². The predicted octanol–water partition coefficient (Wildman–Crippen LogP) is 4.91. The second-order valence-electron chi connectivity index (χ2n) is 4.39. The summed E-state index contributed by atoms with van der Waals surface area (Å²) in [6.07, 6.45) is 0. The molecule has 0 heterocycles. The number of rotatable bonds is 4. The van der Waals surface area contributed by atoms with Crippen LogP contribution in [0.15, 0.2) is 40.9 Å². The number of hydrogen-bond donors (Lipinski definition) is 1. The molecule has 5 heteroatoms. The minimum Gasteiger partial charge on any atom is -0.494 e. The Labute approximate surface area is 124 Å². The normalized spacial score (nSPS) is 12.1. The summed E-state index contributed by atoms with van der Waals surface area (Å²) in [5.74, 6) is -0.533. The van der Waals surface area contributed by atoms with E-state index in [-0.39, 0.29) is 17.6 Å². The molecule has 0 aliphatic rings. The maximum Gasteiger partial charge on any atom is 0.167 e. The Morgan fingerprint density at radius 3 is 2.45 bits per heavy atom. The van der Waals surface area contributed by atoms with Gasteiger partial charge in [-0.15, -0.1) is 0 Å². The average molecular weight is 342 g/mol. The molecule has 2 aromatic carbocycles. The van der Waals surface area contributed by atoms with Crippen molar-refractivity contribution in [3.8, 4) is 5.75 Å². The Morgan fingerprint density at radius 2 is 1.85 bits per heavy atom. The van der Waals surface area contributed by atoms with Gasteiger partial charge in [-0.05, 0) is 52.7 Å². The highest BCUT2D eigenvalue weighted by atomic mass is 79.9. The van der Waals surface area contributed by atoms with Gasteiger partial charge in [0.25, 0.3) is 0 Å². The smallest absolute Gasteiger partial charge is 0.167 e. The summed E-state index contributed by atoms with van der Waals surface area (Å²) in [5, 5.41) is 3.16. The van der Waals surface area contributed by atoms with Crippen LogP contribution in [0.4, 0.5) is 14.5 Å². The molecule has 2 aromatic rings. The summed E-state index contributed by atoms with van der Waals surface area (Å²) < 4.78 is 32.1. The van der Waals surface area contributed by atoms with Gasteiger partial charge in [0.05, 0.1) is 11.6 Å². The minimum atomic E-state index is -0.426. The molecule has 2 rings (SSSR count). The number of nitrogens with one attached hydrogen (secondary N) is 1. The van der Waals surface area contributed by atoms with Crippen molar-refractivity contribution in [2.45, 2.75) is 13.0 Å². The van der Waals surface area contributed by atoms with Crippen LogP contribution in [0.3, 0.4) is 0 Å². The summed E-state index contributed by atoms with van der Waals surface area (Å²) in [4.78, 5) is 0. The summed E-state index contributed by atoms with van der Waals surface area (Å²) in [6.45, 7) is 1.92. The van der Waals surface area contributed by atoms with Gasteiger partial charge in [-0.1, -0.05) is 6.07 Å². The molecule has 2 nitrogen and oxygen atoms in total. The van der Waals surface area contributed by atoms with Crippen LogP contribution in [-0.2, 0) is 0 Å². The third kappa shape index (κ3) is 3.28. The topological polar surface area (TPSA) is 21.3 Å². The van der Waals surface area contributed by atoms with Crippen LogP contribution in [0.25, 0.3) is 0 Å². The number of hydrogen-bond acceptors (Lipinski definition) is 2. The van der Waals surface area contributed by atoms with Crippen LogP contribution in [-0.4, -0.2) is 7.11 Å². The van der Waals surface area contributed by atoms with Crippen molar-refractivity contribution in [3.05, 3.63) is 58.1 Å². The highest BCUT2D eigenvalue weighted by Gasteiger charge is 2.10. The van der Waals surface area contributed by atoms with Crippen molar-refractivity contribution in [3.63, 3.8) is 0 Å². The lowest BCUT2D eigenvalue weighted by molar-refractivity contribution is 0.386. The van der Waals surface area contributed by atoms with Gasteiger partial charge in [0.15, 0.2) is 11.6 Å². The predicted molar refractivity (Wildman–Crippen MR) is 79.1 cm³/mol. The molecule has 0 radical (unpaired) electrons. The maximum absolute atomic E-state index is 13.6. The van der Waals surface area contributed by atoms with Gasteiger partial charge >= 0.3 is 0 Å². The first-order valence-corrected chi connectivity index (χ1v) is 6.85. The zero-order chi connectivity index (χ0) is 14.7. The molecule has 1 atom stereocenters. The second-order valence-corrected chi connectivity index (χ2v) is 5.24. The lowest BCUT2D eigenvalue weighted by Crippen LogP contribution is -2.07. The number of anilines is 1. The van der Waals surface area contributed by atoms with Gasteiger partial charge in [0.1, 0.15) is 5.82 Å². The molecule has 0 aliphatic carbocycles. The second kappa shape index (κ2) is 6.22. The van der Waals surface area contributed by atoms with Gasteiger partial charge in [-0.3, -0.25) is 0 Å². The van der Waals surface area contributed by atoms with Crippen LogP contribution in [0.5, 0.6) is 5.75 Å². The fraction of sp³-hybridized carbons (Fsp3) is 0.200. The molecule has 0 bridgehead atoms. The number of halogens is 3. The van der Waals surface area contributed by atoms with Crippen LogP contribution in [0.2, 0.25) is 0 Å². The fourth-order valence-electron chi connectivity index (χ4n) is 1.87. The van der Waals surface area contributed by atoms with Gasteiger partial charge < -0.3 is 10.1 Å². The summed E-state index contributed by atoms with van der Waals surface area (Å²) in [6, 6.07) is 9.37. The molecule has 0 spiro atoms. The number of benzene rings is 2. The molecule has 1 unspecified atom stereocenters. The molecule has 1 N–H and O–H groups in total. The molecule has 0 fully saturated rings. The average Bonchev–Trinajstić information content (AvgIpc) is 2.42. The SMILES string of the molecule is COc1ccc(NC(C)c2ccc(F)c(Br)c2)cc1F. The lowest BCUT2D eigenvalue weighted by atomic mass is 10.1. The fourth-order valence-corrected chi connectivity index (χ4v) is 2.27. The first kappa shape index (κ1) is 14.8. The van der Waals surface area contributed by atoms with E-state index in [1.54, 1.807) is 24.3 Å². The zero-order valence-corrected chi connectivity index (χ0v) is 12.7. The van der Waals surface area contributed by atoms with E-state index in [1.807, 2.05) is 6.92 Å². The summed E-state index contributed by atoms with van der Waals surface area (Å²) >= 11 is 3.15. The molecule has 0 amide bonds. The van der Waals surface area contributed by atoms with Crippen molar-refractivity contribution in [2.24, 2.45) is 0 Å². The van der Waals surface area contributed by atoms with Gasteiger partial charge in [0, 0.05) is 17.8 Å². The number of methoxy groups -OCH3 is 1. The highest BCUT2D eigenvalue weighted by Crippen LogP contribution is 2.26. The molecule has 0 saturated carbocycles. The standard InChI is InChI=1S/C15H14BrF2NO/c1-9(10-3-5-13(17)12(16)7-10)19-11-4-6-15(20-2)14(18)8-11/h3-9,19H,1-2H3. The largest absolute Gasteiger partial charge is 0.494 e. The first-order chi connectivity index (χ1) is 9.51.